The van der Waals surface area contributed by atoms with Gasteiger partial charge >= 0.3 is 7.60 Å². The molecule has 9 heteroatoms. The molecule has 2 heterocycles. The molecule has 1 N–H and O–H groups in total. The van der Waals surface area contributed by atoms with Crippen molar-refractivity contribution in [1.29, 1.82) is 0 Å². The average Bonchev–Trinajstić information content (AvgIpc) is 3.52. The van der Waals surface area contributed by atoms with Gasteiger partial charge in [-0.3, -0.25) is 4.79 Å². The highest BCUT2D eigenvalue weighted by molar-refractivity contribution is 7.55. The van der Waals surface area contributed by atoms with Crippen LogP contribution in [0.25, 0.3) is 0 Å². The summed E-state index contributed by atoms with van der Waals surface area (Å²) in [5.74, 6) is 1.40. The van der Waals surface area contributed by atoms with Crippen molar-refractivity contribution in [1.82, 2.24) is 10.2 Å². The predicted octanol–water partition coefficient (Wildman–Crippen LogP) is 4.06. The number of methoxy groups -OCH3 is 2. The fraction of sp³-hybridized carbons (Fsp3) is 0.435. The fourth-order valence-electron chi connectivity index (χ4n) is 4.14. The van der Waals surface area contributed by atoms with Crippen molar-refractivity contribution >= 4 is 13.5 Å². The second-order valence-electron chi connectivity index (χ2n) is 7.88. The van der Waals surface area contributed by atoms with E-state index in [1.165, 1.54) is 0 Å². The van der Waals surface area contributed by atoms with Gasteiger partial charge in [0.25, 0.3) is 0 Å². The van der Waals surface area contributed by atoms with Crippen molar-refractivity contribution in [3.05, 3.63) is 48.5 Å². The van der Waals surface area contributed by atoms with E-state index < -0.39 is 13.4 Å². The van der Waals surface area contributed by atoms with Crippen LogP contribution in [0.2, 0.25) is 0 Å². The third-order valence-electron chi connectivity index (χ3n) is 5.81. The van der Waals surface area contributed by atoms with Gasteiger partial charge in [0.1, 0.15) is 23.0 Å². The largest absolute Gasteiger partial charge is 0.497 e. The Bertz CT molecular complexity index is 906. The number of rotatable bonds is 8. The Labute approximate surface area is 188 Å². The number of nitrogens with one attached hydrogen (secondary N) is 1. The van der Waals surface area contributed by atoms with Crippen LogP contribution >= 0.6 is 7.60 Å². The first-order valence-corrected chi connectivity index (χ1v) is 12.4. The Morgan fingerprint density at radius 1 is 0.875 bits per heavy atom. The Morgan fingerprint density at radius 2 is 1.41 bits per heavy atom. The van der Waals surface area contributed by atoms with Crippen LogP contribution in [0.1, 0.15) is 25.7 Å². The quantitative estimate of drug-likeness (QED) is 0.595. The summed E-state index contributed by atoms with van der Waals surface area (Å²) in [5.41, 5.74) is 0. The Morgan fingerprint density at radius 3 is 1.88 bits per heavy atom. The normalized spacial score (nSPS) is 20.8. The van der Waals surface area contributed by atoms with Gasteiger partial charge in [0.15, 0.2) is 5.78 Å². The summed E-state index contributed by atoms with van der Waals surface area (Å²) in [5, 5.41) is 3.24. The van der Waals surface area contributed by atoms with E-state index in [1.54, 1.807) is 67.7 Å². The molecule has 2 fully saturated rings. The van der Waals surface area contributed by atoms with Gasteiger partial charge in [0, 0.05) is 6.54 Å². The molecule has 1 unspecified atom stereocenters. The maximum absolute atomic E-state index is 14.3. The summed E-state index contributed by atoms with van der Waals surface area (Å²) in [6.45, 7) is 1.35. The van der Waals surface area contributed by atoms with E-state index in [9.17, 15) is 9.36 Å². The van der Waals surface area contributed by atoms with Gasteiger partial charge in [-0.1, -0.05) is 0 Å². The number of hydrogen-bond acceptors (Lipinski definition) is 7. The Hall–Kier alpha value is -2.70. The van der Waals surface area contributed by atoms with Crippen LogP contribution in [0.4, 0.5) is 0 Å². The van der Waals surface area contributed by atoms with E-state index in [-0.39, 0.29) is 11.9 Å². The predicted molar refractivity (Wildman–Crippen MR) is 121 cm³/mol. The van der Waals surface area contributed by atoms with Crippen molar-refractivity contribution in [3.8, 4) is 23.0 Å². The molecule has 2 aliphatic rings. The molecule has 32 heavy (non-hydrogen) atoms. The standard InChI is InChI=1S/C23H29N2O6P/c1-28-17-7-11-19(12-8-17)30-32(27,31-20-13-9-18(29-2)10-14-20)22-6-4-16-25(22)23(26)21-5-3-15-24-21/h7-14,21-22,24H,3-6,15-16H2,1-2H3/t21-,22?/m0/s1. The number of carbonyl (C=O) groups is 1. The SMILES string of the molecule is COc1ccc(OP(=O)(Oc2ccc(OC)cc2)C2CCCN2C(=O)[C@@H]2CCCN2)cc1. The highest BCUT2D eigenvalue weighted by Gasteiger charge is 2.48. The molecule has 2 aromatic carbocycles. The highest BCUT2D eigenvalue weighted by Crippen LogP contribution is 2.57. The van der Waals surface area contributed by atoms with Crippen molar-refractivity contribution in [2.75, 3.05) is 27.3 Å². The molecule has 2 atom stereocenters. The van der Waals surface area contributed by atoms with Crippen LogP contribution in [-0.2, 0) is 9.36 Å². The minimum atomic E-state index is -3.81. The number of carbonyl (C=O) groups excluding carboxylic acids is 1. The van der Waals surface area contributed by atoms with Gasteiger partial charge in [-0.05, 0) is 80.8 Å². The molecule has 2 aromatic rings. The van der Waals surface area contributed by atoms with Gasteiger partial charge in [-0.15, -0.1) is 0 Å². The molecule has 2 aliphatic heterocycles. The molecule has 8 nitrogen and oxygen atoms in total. The van der Waals surface area contributed by atoms with Crippen LogP contribution in [0.5, 0.6) is 23.0 Å². The molecule has 0 aliphatic carbocycles. The maximum Gasteiger partial charge on any atom is 0.453 e. The first-order chi connectivity index (χ1) is 15.5. The molecule has 0 aromatic heterocycles. The number of likely N-dealkylation sites (tertiary alicyclic amines) is 1. The molecule has 0 saturated carbocycles. The van der Waals surface area contributed by atoms with Crippen LogP contribution in [0.15, 0.2) is 48.5 Å². The zero-order valence-corrected chi connectivity index (χ0v) is 19.3. The lowest BCUT2D eigenvalue weighted by Gasteiger charge is -2.32. The Kier molecular flexibility index (Phi) is 6.92. The number of ether oxygens (including phenoxy) is 2. The first-order valence-electron chi connectivity index (χ1n) is 10.8. The fourth-order valence-corrected chi connectivity index (χ4v) is 6.32. The van der Waals surface area contributed by atoms with Crippen LogP contribution < -0.4 is 23.8 Å². The van der Waals surface area contributed by atoms with E-state index in [4.69, 9.17) is 18.5 Å². The number of nitrogens with zero attached hydrogens (tertiary/aromatic N) is 1. The molecule has 1 amide bonds. The molecule has 4 rings (SSSR count). The van der Waals surface area contributed by atoms with Crippen molar-refractivity contribution in [2.24, 2.45) is 0 Å². The molecule has 0 bridgehead atoms. The maximum atomic E-state index is 14.3. The van der Waals surface area contributed by atoms with Crippen molar-refractivity contribution in [3.63, 3.8) is 0 Å². The lowest BCUT2D eigenvalue weighted by atomic mass is 10.2. The summed E-state index contributed by atoms with van der Waals surface area (Å²) in [6.07, 6.45) is 3.02. The third kappa shape index (κ3) is 4.87. The minimum Gasteiger partial charge on any atom is -0.497 e. The first kappa shape index (κ1) is 22.5. The lowest BCUT2D eigenvalue weighted by Crippen LogP contribution is -2.46. The highest BCUT2D eigenvalue weighted by atomic mass is 31.2. The number of hydrogen-bond donors (Lipinski definition) is 1. The molecular formula is C23H29N2O6P. The molecule has 172 valence electrons. The Balaban J connectivity index is 1.63. The van der Waals surface area contributed by atoms with Gasteiger partial charge in [-0.2, -0.15) is 0 Å². The second kappa shape index (κ2) is 9.84. The van der Waals surface area contributed by atoms with E-state index >= 15 is 0 Å². The summed E-state index contributed by atoms with van der Waals surface area (Å²) in [4.78, 5) is 14.9. The van der Waals surface area contributed by atoms with E-state index in [1.807, 2.05) is 0 Å². The van der Waals surface area contributed by atoms with E-state index in [0.29, 0.717) is 36.0 Å². The van der Waals surface area contributed by atoms with Crippen molar-refractivity contribution in [2.45, 2.75) is 37.5 Å². The molecule has 2 saturated heterocycles. The zero-order valence-electron chi connectivity index (χ0n) is 18.4. The summed E-state index contributed by atoms with van der Waals surface area (Å²) in [6, 6.07) is 13.4. The second-order valence-corrected chi connectivity index (χ2v) is 9.92. The lowest BCUT2D eigenvalue weighted by molar-refractivity contribution is -0.132. The topological polar surface area (TPSA) is 86.3 Å². The number of benzene rings is 2. The summed E-state index contributed by atoms with van der Waals surface area (Å²) >= 11 is 0. The third-order valence-corrected chi connectivity index (χ3v) is 8.01. The summed E-state index contributed by atoms with van der Waals surface area (Å²) < 4.78 is 36.7. The van der Waals surface area contributed by atoms with Gasteiger partial charge < -0.3 is 28.7 Å². The zero-order chi connectivity index (χ0) is 22.6. The minimum absolute atomic E-state index is 0.0399. The van der Waals surface area contributed by atoms with Crippen LogP contribution in [-0.4, -0.2) is 49.9 Å². The van der Waals surface area contributed by atoms with E-state index in [2.05, 4.69) is 5.32 Å². The van der Waals surface area contributed by atoms with Gasteiger partial charge in [0.2, 0.25) is 5.91 Å². The van der Waals surface area contributed by atoms with E-state index in [0.717, 1.165) is 25.8 Å². The molecule has 0 spiro atoms. The van der Waals surface area contributed by atoms with Crippen molar-refractivity contribution < 1.29 is 27.9 Å². The monoisotopic (exact) mass is 460 g/mol. The van der Waals surface area contributed by atoms with Crippen LogP contribution in [0.3, 0.4) is 0 Å². The van der Waals surface area contributed by atoms with Crippen LogP contribution in [0, 0.1) is 0 Å². The molecule has 0 radical (unpaired) electrons. The average molecular weight is 460 g/mol. The molecular weight excluding hydrogens is 431 g/mol. The smallest absolute Gasteiger partial charge is 0.453 e. The number of amides is 1. The van der Waals surface area contributed by atoms with Gasteiger partial charge in [0.05, 0.1) is 20.3 Å². The summed E-state index contributed by atoms with van der Waals surface area (Å²) in [7, 11) is -0.661. The van der Waals surface area contributed by atoms with Gasteiger partial charge in [-0.25, -0.2) is 4.57 Å².